The van der Waals surface area contributed by atoms with Crippen LogP contribution < -0.4 is 18.9 Å². The molecule has 0 amide bonds. The van der Waals surface area contributed by atoms with Crippen LogP contribution in [0.3, 0.4) is 0 Å². The maximum Gasteiger partial charge on any atom is 0.165 e. The highest BCUT2D eigenvalue weighted by atomic mass is 19.1. The maximum absolute atomic E-state index is 14.9. The zero-order chi connectivity index (χ0) is 40.1. The molecule has 2 atom stereocenters. The number of halogens is 2. The van der Waals surface area contributed by atoms with Crippen LogP contribution in [0.1, 0.15) is 62.8 Å². The predicted octanol–water partition coefficient (Wildman–Crippen LogP) is 12.8. The lowest BCUT2D eigenvalue weighted by Gasteiger charge is -2.35. The van der Waals surface area contributed by atoms with Gasteiger partial charge in [-0.25, -0.2) is 8.78 Å². The summed E-state index contributed by atoms with van der Waals surface area (Å²) in [5, 5.41) is 0. The second-order valence-corrected chi connectivity index (χ2v) is 14.9. The van der Waals surface area contributed by atoms with E-state index in [1.54, 1.807) is 12.1 Å². The highest BCUT2D eigenvalue weighted by Crippen LogP contribution is 2.36. The molecule has 0 radical (unpaired) electrons. The second-order valence-electron chi connectivity index (χ2n) is 14.9. The summed E-state index contributed by atoms with van der Waals surface area (Å²) in [5.41, 5.74) is 3.37. The van der Waals surface area contributed by atoms with Crippen LogP contribution in [0.15, 0.2) is 146 Å². The van der Waals surface area contributed by atoms with Crippen molar-refractivity contribution < 1.29 is 32.5 Å². The molecule has 0 heterocycles. The van der Waals surface area contributed by atoms with Crippen molar-refractivity contribution in [2.45, 2.75) is 64.2 Å². The molecule has 6 rings (SSSR count). The predicted molar refractivity (Wildman–Crippen MR) is 223 cm³/mol. The molecule has 2 unspecified atom stereocenters. The fraction of sp³-hybridized carbons (Fsp3) is 0.280. The van der Waals surface area contributed by atoms with Gasteiger partial charge in [-0.3, -0.25) is 0 Å². The Bertz CT molecular complexity index is 1990. The van der Waals surface area contributed by atoms with Crippen LogP contribution >= 0.6 is 0 Å². The first kappa shape index (κ1) is 41.0. The van der Waals surface area contributed by atoms with Crippen molar-refractivity contribution in [2.75, 3.05) is 26.4 Å². The number of ether oxygens (including phenoxy) is 5. The van der Waals surface area contributed by atoms with Gasteiger partial charge in [-0.2, -0.15) is 0 Å². The van der Waals surface area contributed by atoms with Gasteiger partial charge in [0, 0.05) is 10.8 Å². The van der Waals surface area contributed by atoms with Gasteiger partial charge >= 0.3 is 0 Å². The summed E-state index contributed by atoms with van der Waals surface area (Å²) < 4.78 is 59.9. The largest absolute Gasteiger partial charge is 0.494 e. The third kappa shape index (κ3) is 11.2. The Kier molecular flexibility index (Phi) is 14.0. The van der Waals surface area contributed by atoms with Crippen LogP contribution in [0.2, 0.25) is 0 Å². The summed E-state index contributed by atoms with van der Waals surface area (Å²) >= 11 is 0. The van der Waals surface area contributed by atoms with Crippen molar-refractivity contribution in [3.63, 3.8) is 0 Å². The average molecular weight is 771 g/mol. The molecule has 5 nitrogen and oxygen atoms in total. The minimum absolute atomic E-state index is 0.198. The molecule has 0 spiro atoms. The van der Waals surface area contributed by atoms with Gasteiger partial charge in [0.1, 0.15) is 23.0 Å². The van der Waals surface area contributed by atoms with E-state index < -0.39 is 22.5 Å². The standard InChI is InChI=1S/C50H52F2O5/c1-5-54-41-23-19-39(20-24-41)49(3,31-29-37-17-27-45(51)47(33-37)56-43-13-9-7-10-14-43)35-53-36-50(4,40-21-25-42(26-22-40)55-6-2)32-30-38-18-28-46(52)48(34-38)57-44-15-11-8-12-16-44/h7-28,33-34H,5-6,29-32,35-36H2,1-4H3. The fourth-order valence-corrected chi connectivity index (χ4v) is 6.98. The topological polar surface area (TPSA) is 46.2 Å². The lowest BCUT2D eigenvalue weighted by Crippen LogP contribution is -2.34. The molecular weight excluding hydrogens is 719 g/mol. The molecule has 0 N–H and O–H groups in total. The Labute approximate surface area is 336 Å². The average Bonchev–Trinajstić information content (AvgIpc) is 3.23. The van der Waals surface area contributed by atoms with Crippen molar-refractivity contribution in [1.82, 2.24) is 0 Å². The van der Waals surface area contributed by atoms with E-state index >= 15 is 0 Å². The van der Waals surface area contributed by atoms with Gasteiger partial charge in [0.05, 0.1) is 26.4 Å². The van der Waals surface area contributed by atoms with E-state index in [2.05, 4.69) is 38.1 Å². The van der Waals surface area contributed by atoms with E-state index in [-0.39, 0.29) is 11.5 Å². The van der Waals surface area contributed by atoms with Crippen molar-refractivity contribution in [3.8, 4) is 34.5 Å². The van der Waals surface area contributed by atoms with Crippen molar-refractivity contribution >= 4 is 0 Å². The summed E-state index contributed by atoms with van der Waals surface area (Å²) in [5.74, 6) is 2.37. The molecule has 0 fully saturated rings. The van der Waals surface area contributed by atoms with Gasteiger partial charge in [-0.05, 0) is 135 Å². The van der Waals surface area contributed by atoms with Crippen LogP contribution in [0.4, 0.5) is 8.78 Å². The summed E-state index contributed by atoms with van der Waals surface area (Å²) in [6.07, 6.45) is 2.81. The molecule has 6 aromatic carbocycles. The normalized spacial score (nSPS) is 13.3. The number of rotatable bonds is 20. The SMILES string of the molecule is CCOc1ccc(C(C)(CCc2ccc(F)c(Oc3ccccc3)c2)COCC(C)(CCc2ccc(F)c(Oc3ccccc3)c2)c2ccc(OCC)cc2)cc1. The van der Waals surface area contributed by atoms with Crippen LogP contribution in [-0.2, 0) is 28.4 Å². The van der Waals surface area contributed by atoms with Gasteiger partial charge in [0.25, 0.3) is 0 Å². The number of para-hydroxylation sites is 2. The first-order valence-corrected chi connectivity index (χ1v) is 19.7. The third-order valence-corrected chi connectivity index (χ3v) is 10.4. The molecule has 296 valence electrons. The monoisotopic (exact) mass is 770 g/mol. The minimum atomic E-state index is -0.408. The van der Waals surface area contributed by atoms with Gasteiger partial charge in [-0.1, -0.05) is 86.6 Å². The molecule has 7 heteroatoms. The lowest BCUT2D eigenvalue weighted by atomic mass is 9.77. The quantitative estimate of drug-likeness (QED) is 0.0774. The van der Waals surface area contributed by atoms with Gasteiger partial charge in [-0.15, -0.1) is 0 Å². The van der Waals surface area contributed by atoms with Gasteiger partial charge < -0.3 is 23.7 Å². The van der Waals surface area contributed by atoms with Crippen molar-refractivity contribution in [2.24, 2.45) is 0 Å². The smallest absolute Gasteiger partial charge is 0.165 e. The van der Waals surface area contributed by atoms with Crippen LogP contribution in [0.5, 0.6) is 34.5 Å². The van der Waals surface area contributed by atoms with Crippen LogP contribution in [0.25, 0.3) is 0 Å². The summed E-state index contributed by atoms with van der Waals surface area (Å²) in [6, 6.07) is 45.1. The first-order chi connectivity index (χ1) is 27.7. The third-order valence-electron chi connectivity index (χ3n) is 10.4. The molecule has 0 aromatic heterocycles. The van der Waals surface area contributed by atoms with E-state index in [9.17, 15) is 8.78 Å². The van der Waals surface area contributed by atoms with E-state index in [0.717, 1.165) is 46.6 Å². The summed E-state index contributed by atoms with van der Waals surface area (Å²) in [6.45, 7) is 10.4. The van der Waals surface area contributed by atoms with Gasteiger partial charge in [0.15, 0.2) is 23.1 Å². The number of aryl methyl sites for hydroxylation is 2. The molecule has 0 saturated heterocycles. The summed E-state index contributed by atoms with van der Waals surface area (Å²) in [4.78, 5) is 0. The molecule has 0 aliphatic heterocycles. The molecule has 0 aliphatic carbocycles. The minimum Gasteiger partial charge on any atom is -0.494 e. The highest BCUT2D eigenvalue weighted by Gasteiger charge is 2.32. The zero-order valence-electron chi connectivity index (χ0n) is 33.3. The Morgan fingerprint density at radius 3 is 1.21 bits per heavy atom. The highest BCUT2D eigenvalue weighted by molar-refractivity contribution is 5.39. The second kappa shape index (κ2) is 19.5. The zero-order valence-corrected chi connectivity index (χ0v) is 33.3. The molecule has 6 aromatic rings. The number of benzene rings is 6. The number of hydrogen-bond acceptors (Lipinski definition) is 5. The fourth-order valence-electron chi connectivity index (χ4n) is 6.98. The maximum atomic E-state index is 14.9. The van der Waals surface area contributed by atoms with Crippen molar-refractivity contribution in [1.29, 1.82) is 0 Å². The molecule has 0 bridgehead atoms. The Morgan fingerprint density at radius 2 is 0.842 bits per heavy atom. The Hall–Kier alpha value is -5.66. The number of hydrogen-bond donors (Lipinski definition) is 0. The van der Waals surface area contributed by atoms with E-state index in [0.29, 0.717) is 50.8 Å². The molecular formula is C50H52F2O5. The molecule has 57 heavy (non-hydrogen) atoms. The summed E-state index contributed by atoms with van der Waals surface area (Å²) in [7, 11) is 0. The first-order valence-electron chi connectivity index (χ1n) is 19.7. The molecule has 0 saturated carbocycles. The molecule has 0 aliphatic rings. The van der Waals surface area contributed by atoms with E-state index in [1.165, 1.54) is 12.1 Å². The van der Waals surface area contributed by atoms with Crippen LogP contribution in [-0.4, -0.2) is 26.4 Å². The van der Waals surface area contributed by atoms with Gasteiger partial charge in [0.2, 0.25) is 0 Å². The lowest BCUT2D eigenvalue weighted by molar-refractivity contribution is 0.0484. The Balaban J connectivity index is 1.22. The van der Waals surface area contributed by atoms with E-state index in [4.69, 9.17) is 23.7 Å². The van der Waals surface area contributed by atoms with Crippen LogP contribution in [0, 0.1) is 11.6 Å². The van der Waals surface area contributed by atoms with Crippen molar-refractivity contribution in [3.05, 3.63) is 179 Å². The van der Waals surface area contributed by atoms with E-state index in [1.807, 2.05) is 111 Å². The Morgan fingerprint density at radius 1 is 0.456 bits per heavy atom.